The van der Waals surface area contributed by atoms with Crippen LogP contribution < -0.4 is 19.5 Å². The Morgan fingerprint density at radius 2 is 1.90 bits per heavy atom. The molecule has 0 bridgehead atoms. The lowest BCUT2D eigenvalue weighted by Gasteiger charge is -2.08. The summed E-state index contributed by atoms with van der Waals surface area (Å²) in [5, 5.41) is 15.1. The lowest BCUT2D eigenvalue weighted by molar-refractivity contribution is -0.115. The molecule has 0 saturated carbocycles. The molecule has 5 rings (SSSR count). The Bertz CT molecular complexity index is 1190. The molecular weight excluding hydrogens is 398 g/mol. The number of benzene rings is 2. The summed E-state index contributed by atoms with van der Waals surface area (Å²) in [6.45, 7) is 0.208. The number of nitrogens with one attached hydrogen (secondary N) is 1. The van der Waals surface area contributed by atoms with Gasteiger partial charge in [-0.2, -0.15) is 5.10 Å². The Kier molecular flexibility index (Phi) is 4.89. The van der Waals surface area contributed by atoms with Crippen LogP contribution in [0.4, 0.5) is 5.69 Å². The molecule has 0 spiro atoms. The third-order valence-electron chi connectivity index (χ3n) is 4.53. The second kappa shape index (κ2) is 8.15. The van der Waals surface area contributed by atoms with Crippen molar-refractivity contribution in [1.82, 2.24) is 20.0 Å². The molecule has 1 aliphatic heterocycles. The van der Waals surface area contributed by atoms with Crippen LogP contribution in [0.5, 0.6) is 23.1 Å². The van der Waals surface area contributed by atoms with Crippen molar-refractivity contribution in [3.63, 3.8) is 0 Å². The summed E-state index contributed by atoms with van der Waals surface area (Å²) < 4.78 is 17.9. The zero-order valence-corrected chi connectivity index (χ0v) is 16.3. The van der Waals surface area contributed by atoms with Gasteiger partial charge in [0.05, 0.1) is 6.42 Å². The lowest BCUT2D eigenvalue weighted by atomic mass is 10.1. The summed E-state index contributed by atoms with van der Waals surface area (Å²) >= 11 is 0. The fourth-order valence-electron chi connectivity index (χ4n) is 3.06. The highest BCUT2D eigenvalue weighted by molar-refractivity contribution is 5.92. The molecule has 0 atom stereocenters. The van der Waals surface area contributed by atoms with Crippen LogP contribution >= 0.6 is 0 Å². The van der Waals surface area contributed by atoms with E-state index in [2.05, 4.69) is 20.6 Å². The number of nitrogens with zero attached hydrogens (tertiary/aromatic N) is 4. The Labute approximate surface area is 177 Å². The number of carbonyl (C=O) groups is 1. The second-order valence-electron chi connectivity index (χ2n) is 6.72. The first-order valence-electron chi connectivity index (χ1n) is 9.53. The van der Waals surface area contributed by atoms with E-state index >= 15 is 0 Å². The van der Waals surface area contributed by atoms with Crippen molar-refractivity contribution in [2.24, 2.45) is 0 Å². The monoisotopic (exact) mass is 415 g/mol. The fourth-order valence-corrected chi connectivity index (χ4v) is 3.06. The number of anilines is 1. The van der Waals surface area contributed by atoms with Gasteiger partial charge in [-0.25, -0.2) is 4.68 Å². The van der Waals surface area contributed by atoms with Gasteiger partial charge in [0, 0.05) is 24.1 Å². The van der Waals surface area contributed by atoms with Gasteiger partial charge in [-0.15, -0.1) is 10.2 Å². The van der Waals surface area contributed by atoms with Gasteiger partial charge in [0.2, 0.25) is 18.6 Å². The van der Waals surface area contributed by atoms with Crippen molar-refractivity contribution in [3.8, 4) is 28.9 Å². The molecule has 0 aliphatic carbocycles. The zero-order valence-electron chi connectivity index (χ0n) is 16.3. The normalized spacial score (nSPS) is 11.9. The molecule has 4 aromatic rings. The molecule has 1 amide bonds. The van der Waals surface area contributed by atoms with Gasteiger partial charge in [0.1, 0.15) is 5.75 Å². The maximum absolute atomic E-state index is 12.3. The minimum Gasteiger partial charge on any atom is -0.454 e. The van der Waals surface area contributed by atoms with E-state index in [0.29, 0.717) is 34.6 Å². The third kappa shape index (κ3) is 4.30. The molecule has 154 valence electrons. The molecule has 31 heavy (non-hydrogen) atoms. The molecule has 0 unspecified atom stereocenters. The minimum atomic E-state index is -0.132. The van der Waals surface area contributed by atoms with Gasteiger partial charge in [0.15, 0.2) is 17.3 Å². The SMILES string of the molecule is O=C(Cc1ccc2c(c1)OCO2)Nc1ccc(Oc2ccc(-n3cccn3)nn2)cc1. The number of fused-ring (bicyclic) bond motifs is 1. The molecule has 1 N–H and O–H groups in total. The summed E-state index contributed by atoms with van der Waals surface area (Å²) in [4.78, 5) is 12.3. The Morgan fingerprint density at radius 3 is 2.68 bits per heavy atom. The van der Waals surface area contributed by atoms with Crippen molar-refractivity contribution in [3.05, 3.63) is 78.6 Å². The Hall–Kier alpha value is -4.40. The largest absolute Gasteiger partial charge is 0.454 e. The predicted molar refractivity (Wildman–Crippen MR) is 111 cm³/mol. The molecule has 9 nitrogen and oxygen atoms in total. The van der Waals surface area contributed by atoms with Crippen molar-refractivity contribution in [1.29, 1.82) is 0 Å². The molecule has 2 aromatic carbocycles. The van der Waals surface area contributed by atoms with Gasteiger partial charge in [-0.3, -0.25) is 4.79 Å². The Balaban J connectivity index is 1.17. The number of ether oxygens (including phenoxy) is 3. The van der Waals surface area contributed by atoms with Gasteiger partial charge in [0.25, 0.3) is 0 Å². The average Bonchev–Trinajstić information content (AvgIpc) is 3.47. The van der Waals surface area contributed by atoms with Crippen molar-refractivity contribution in [2.45, 2.75) is 6.42 Å². The van der Waals surface area contributed by atoms with Crippen LogP contribution in [-0.2, 0) is 11.2 Å². The highest BCUT2D eigenvalue weighted by Gasteiger charge is 2.14. The van der Waals surface area contributed by atoms with E-state index in [-0.39, 0.29) is 19.1 Å². The van der Waals surface area contributed by atoms with E-state index < -0.39 is 0 Å². The van der Waals surface area contributed by atoms with Gasteiger partial charge in [-0.1, -0.05) is 6.07 Å². The van der Waals surface area contributed by atoms with E-state index in [0.717, 1.165) is 5.56 Å². The van der Waals surface area contributed by atoms with E-state index in [9.17, 15) is 4.79 Å². The van der Waals surface area contributed by atoms with Crippen LogP contribution in [0.1, 0.15) is 5.56 Å². The van der Waals surface area contributed by atoms with Crippen molar-refractivity contribution < 1.29 is 19.0 Å². The van der Waals surface area contributed by atoms with Crippen molar-refractivity contribution in [2.75, 3.05) is 12.1 Å². The second-order valence-corrected chi connectivity index (χ2v) is 6.72. The summed E-state index contributed by atoms with van der Waals surface area (Å²) in [7, 11) is 0. The van der Waals surface area contributed by atoms with Gasteiger partial charge in [-0.05, 0) is 54.1 Å². The van der Waals surface area contributed by atoms with Crippen molar-refractivity contribution >= 4 is 11.6 Å². The lowest BCUT2D eigenvalue weighted by Crippen LogP contribution is -2.14. The molecule has 0 saturated heterocycles. The van der Waals surface area contributed by atoms with Crippen LogP contribution in [0.2, 0.25) is 0 Å². The number of hydrogen-bond donors (Lipinski definition) is 1. The molecule has 3 heterocycles. The first-order valence-corrected chi connectivity index (χ1v) is 9.53. The maximum atomic E-state index is 12.3. The smallest absolute Gasteiger partial charge is 0.238 e. The molecule has 2 aromatic heterocycles. The molecule has 0 fully saturated rings. The first-order chi connectivity index (χ1) is 15.2. The van der Waals surface area contributed by atoms with Crippen LogP contribution in [0.3, 0.4) is 0 Å². The van der Waals surface area contributed by atoms with Crippen LogP contribution in [-0.4, -0.2) is 32.7 Å². The fraction of sp³-hybridized carbons (Fsp3) is 0.0909. The minimum absolute atomic E-state index is 0.132. The highest BCUT2D eigenvalue weighted by atomic mass is 16.7. The van der Waals surface area contributed by atoms with E-state index in [4.69, 9.17) is 14.2 Å². The quantitative estimate of drug-likeness (QED) is 0.515. The van der Waals surface area contributed by atoms with Crippen LogP contribution in [0.15, 0.2) is 73.1 Å². The first kappa shape index (κ1) is 18.6. The number of aromatic nitrogens is 4. The number of carbonyl (C=O) groups excluding carboxylic acids is 1. The third-order valence-corrected chi connectivity index (χ3v) is 4.53. The van der Waals surface area contributed by atoms with E-state index in [1.165, 1.54) is 0 Å². The van der Waals surface area contributed by atoms with E-state index in [1.807, 2.05) is 24.3 Å². The summed E-state index contributed by atoms with van der Waals surface area (Å²) in [6.07, 6.45) is 3.68. The van der Waals surface area contributed by atoms with Crippen LogP contribution in [0.25, 0.3) is 5.82 Å². The summed E-state index contributed by atoms with van der Waals surface area (Å²) in [5.41, 5.74) is 1.51. The molecule has 9 heteroatoms. The summed E-state index contributed by atoms with van der Waals surface area (Å²) in [6, 6.07) is 17.8. The van der Waals surface area contributed by atoms with Crippen LogP contribution in [0, 0.1) is 0 Å². The topological polar surface area (TPSA) is 100 Å². The molecular formula is C22H17N5O4. The van der Waals surface area contributed by atoms with Gasteiger partial charge >= 0.3 is 0 Å². The predicted octanol–water partition coefficient (Wildman–Crippen LogP) is 3.36. The number of rotatable bonds is 6. The number of amides is 1. The van der Waals surface area contributed by atoms with E-state index in [1.54, 1.807) is 53.5 Å². The summed E-state index contributed by atoms with van der Waals surface area (Å²) in [5.74, 6) is 2.75. The molecule has 1 aliphatic rings. The molecule has 0 radical (unpaired) electrons. The Morgan fingerprint density at radius 1 is 1.03 bits per heavy atom. The zero-order chi connectivity index (χ0) is 21.0. The standard InChI is InChI=1S/C22H17N5O4/c28-21(13-15-2-7-18-19(12-15)30-14-29-18)24-16-3-5-17(6-4-16)31-22-9-8-20(25-26-22)27-11-1-10-23-27/h1-12H,13-14H2,(H,24,28). The highest BCUT2D eigenvalue weighted by Crippen LogP contribution is 2.32. The average molecular weight is 415 g/mol. The number of hydrogen-bond acceptors (Lipinski definition) is 7. The van der Waals surface area contributed by atoms with Gasteiger partial charge < -0.3 is 19.5 Å². The maximum Gasteiger partial charge on any atom is 0.238 e.